The van der Waals surface area contributed by atoms with Crippen molar-refractivity contribution in [2.24, 2.45) is 5.92 Å². The highest BCUT2D eigenvalue weighted by molar-refractivity contribution is 5.84. The van der Waals surface area contributed by atoms with Gasteiger partial charge in [0.2, 0.25) is 11.9 Å². The van der Waals surface area contributed by atoms with Gasteiger partial charge in [-0.15, -0.1) is 0 Å². The number of carbonyl (C=O) groups excluding carboxylic acids is 2. The van der Waals surface area contributed by atoms with Crippen LogP contribution in [0.2, 0.25) is 0 Å². The molecule has 200 valence electrons. The molecule has 0 bridgehead atoms. The number of methoxy groups -OCH3 is 1. The molecule has 5 rings (SSSR count). The number of anilines is 1. The van der Waals surface area contributed by atoms with Crippen molar-refractivity contribution in [3.63, 3.8) is 0 Å². The molecule has 0 aliphatic carbocycles. The van der Waals surface area contributed by atoms with Crippen LogP contribution in [0.5, 0.6) is 0 Å². The Hall–Kier alpha value is -4.08. The topological polar surface area (TPSA) is 117 Å². The number of aliphatic carboxylic acids is 1. The van der Waals surface area contributed by atoms with Gasteiger partial charge in [0, 0.05) is 32.1 Å². The average molecular weight is 520 g/mol. The summed E-state index contributed by atoms with van der Waals surface area (Å²) in [6, 6.07) is 13.7. The molecule has 2 aliphatic heterocycles. The highest BCUT2D eigenvalue weighted by Crippen LogP contribution is 2.34. The molecule has 3 heterocycles. The van der Waals surface area contributed by atoms with Crippen molar-refractivity contribution in [1.29, 1.82) is 0 Å². The number of carboxylic acids is 1. The van der Waals surface area contributed by atoms with Crippen molar-refractivity contribution < 1.29 is 24.2 Å². The summed E-state index contributed by atoms with van der Waals surface area (Å²) in [5, 5.41) is 12.6. The van der Waals surface area contributed by atoms with E-state index in [4.69, 9.17) is 9.72 Å². The maximum atomic E-state index is 12.3. The van der Waals surface area contributed by atoms with E-state index in [-0.39, 0.29) is 24.0 Å². The Labute approximate surface area is 221 Å². The zero-order valence-corrected chi connectivity index (χ0v) is 21.7. The number of fused-ring (bicyclic) bond motifs is 3. The van der Waals surface area contributed by atoms with Crippen LogP contribution < -0.4 is 10.2 Å². The lowest BCUT2D eigenvalue weighted by Crippen LogP contribution is -2.38. The van der Waals surface area contributed by atoms with E-state index in [1.165, 1.54) is 14.0 Å². The Morgan fingerprint density at radius 2 is 1.84 bits per heavy atom. The lowest BCUT2D eigenvalue weighted by atomic mass is 9.97. The quantitative estimate of drug-likeness (QED) is 0.513. The second-order valence-corrected chi connectivity index (χ2v) is 10.00. The van der Waals surface area contributed by atoms with Crippen LogP contribution in [0.1, 0.15) is 42.5 Å². The normalized spacial score (nSPS) is 16.7. The first-order chi connectivity index (χ1) is 18.4. The number of benzene rings is 2. The number of piperidine rings is 1. The fourth-order valence-electron chi connectivity index (χ4n) is 5.59. The first-order valence-electron chi connectivity index (χ1n) is 13.0. The number of imidazole rings is 1. The molecular weight excluding hydrogens is 486 g/mol. The number of amides is 2. The molecule has 1 saturated heterocycles. The van der Waals surface area contributed by atoms with E-state index >= 15 is 0 Å². The molecule has 10 heteroatoms. The summed E-state index contributed by atoms with van der Waals surface area (Å²) in [6.07, 6.45) is 1.43. The number of hydrogen-bond donors (Lipinski definition) is 2. The predicted molar refractivity (Wildman–Crippen MR) is 142 cm³/mol. The Balaban J connectivity index is 1.59. The van der Waals surface area contributed by atoms with Crippen LogP contribution in [0.3, 0.4) is 0 Å². The van der Waals surface area contributed by atoms with Gasteiger partial charge in [-0.2, -0.15) is 0 Å². The number of nitrogens with zero attached hydrogens (tertiary/aromatic N) is 4. The highest BCUT2D eigenvalue weighted by atomic mass is 16.5. The molecule has 2 amide bonds. The number of ether oxygens (including phenoxy) is 1. The monoisotopic (exact) mass is 519 g/mol. The molecule has 0 spiro atoms. The Morgan fingerprint density at radius 1 is 1.11 bits per heavy atom. The fourth-order valence-corrected chi connectivity index (χ4v) is 5.59. The van der Waals surface area contributed by atoms with Gasteiger partial charge in [0.15, 0.2) is 0 Å². The molecule has 3 aromatic rings. The first kappa shape index (κ1) is 25.6. The predicted octanol–water partition coefficient (Wildman–Crippen LogP) is 3.34. The Kier molecular flexibility index (Phi) is 7.22. The maximum absolute atomic E-state index is 12.3. The average Bonchev–Trinajstić information content (AvgIpc) is 3.31. The molecule has 10 nitrogen and oxygen atoms in total. The number of hydrogen-bond acceptors (Lipinski definition) is 6. The van der Waals surface area contributed by atoms with Crippen LogP contribution in [-0.4, -0.2) is 64.3 Å². The van der Waals surface area contributed by atoms with E-state index in [9.17, 15) is 19.5 Å². The number of carbonyl (C=O) groups is 3. The minimum atomic E-state index is -0.759. The van der Waals surface area contributed by atoms with Gasteiger partial charge >= 0.3 is 12.1 Å². The van der Waals surface area contributed by atoms with Crippen molar-refractivity contribution in [3.05, 3.63) is 59.2 Å². The zero-order valence-electron chi connectivity index (χ0n) is 21.7. The van der Waals surface area contributed by atoms with Gasteiger partial charge in [0.1, 0.15) is 0 Å². The summed E-state index contributed by atoms with van der Waals surface area (Å²) in [6.45, 7) is 4.11. The maximum Gasteiger partial charge on any atom is 0.409 e. The van der Waals surface area contributed by atoms with Crippen molar-refractivity contribution in [3.8, 4) is 0 Å². The van der Waals surface area contributed by atoms with Gasteiger partial charge in [0.05, 0.1) is 43.2 Å². The Bertz CT molecular complexity index is 1350. The summed E-state index contributed by atoms with van der Waals surface area (Å²) in [7, 11) is 1.39. The van der Waals surface area contributed by atoms with Crippen LogP contribution in [0.4, 0.5) is 10.7 Å². The third-order valence-corrected chi connectivity index (χ3v) is 7.61. The second-order valence-electron chi connectivity index (χ2n) is 10.00. The smallest absolute Gasteiger partial charge is 0.409 e. The van der Waals surface area contributed by atoms with Gasteiger partial charge in [0.25, 0.3) is 0 Å². The molecule has 1 fully saturated rings. The number of aromatic nitrogens is 2. The lowest BCUT2D eigenvalue weighted by Gasteiger charge is -2.32. The van der Waals surface area contributed by atoms with Gasteiger partial charge in [-0.3, -0.25) is 9.59 Å². The molecule has 2 N–H and O–H groups in total. The highest BCUT2D eigenvalue weighted by Gasteiger charge is 2.30. The molecule has 1 aromatic heterocycles. The van der Waals surface area contributed by atoms with E-state index in [1.54, 1.807) is 4.90 Å². The lowest BCUT2D eigenvalue weighted by molar-refractivity contribution is -0.142. The molecular formula is C28H33N5O5. The van der Waals surface area contributed by atoms with E-state index in [0.717, 1.165) is 33.7 Å². The van der Waals surface area contributed by atoms with Crippen molar-refractivity contribution in [2.45, 2.75) is 45.3 Å². The van der Waals surface area contributed by atoms with Crippen molar-refractivity contribution in [2.75, 3.05) is 31.6 Å². The summed E-state index contributed by atoms with van der Waals surface area (Å²) in [4.78, 5) is 45.0. The van der Waals surface area contributed by atoms with Crippen LogP contribution >= 0.6 is 0 Å². The summed E-state index contributed by atoms with van der Waals surface area (Å²) in [5.41, 5.74) is 4.86. The van der Waals surface area contributed by atoms with Crippen LogP contribution in [0.25, 0.3) is 11.0 Å². The van der Waals surface area contributed by atoms with Gasteiger partial charge in [-0.25, -0.2) is 9.78 Å². The van der Waals surface area contributed by atoms with Gasteiger partial charge < -0.3 is 29.5 Å². The van der Waals surface area contributed by atoms with Crippen LogP contribution in [0.15, 0.2) is 42.5 Å². The van der Waals surface area contributed by atoms with Gasteiger partial charge in [-0.05, 0) is 36.5 Å². The van der Waals surface area contributed by atoms with E-state index in [1.807, 2.05) is 30.3 Å². The molecule has 2 aromatic carbocycles. The molecule has 2 aliphatic rings. The minimum absolute atomic E-state index is 0.127. The fraction of sp³-hybridized carbons (Fsp3) is 0.429. The number of rotatable bonds is 6. The summed E-state index contributed by atoms with van der Waals surface area (Å²) < 4.78 is 7.10. The van der Waals surface area contributed by atoms with E-state index in [0.29, 0.717) is 52.0 Å². The zero-order chi connectivity index (χ0) is 26.8. The van der Waals surface area contributed by atoms with Crippen LogP contribution in [0, 0.1) is 5.92 Å². The second kappa shape index (κ2) is 10.7. The van der Waals surface area contributed by atoms with Gasteiger partial charge in [-0.1, -0.05) is 36.4 Å². The molecule has 0 saturated carbocycles. The standard InChI is InChI=1S/C28H33N5O5/c1-18(34)29-23(20-6-4-3-5-7-20)17-33-24-9-8-19-10-15-32(28(37)38-2)16-22(19)25(24)30-27(33)31-13-11-21(12-14-31)26(35)36/h3-9,21,23H,10-17H2,1-2H3,(H,29,34)(H,35,36)/t23-/m1/s1. The molecule has 38 heavy (non-hydrogen) atoms. The minimum Gasteiger partial charge on any atom is -0.481 e. The molecule has 0 radical (unpaired) electrons. The number of nitrogens with one attached hydrogen (secondary N) is 1. The molecule has 1 atom stereocenters. The van der Waals surface area contributed by atoms with Crippen molar-refractivity contribution in [1.82, 2.24) is 19.8 Å². The summed E-state index contributed by atoms with van der Waals surface area (Å²) in [5.74, 6) is -0.497. The molecule has 0 unspecified atom stereocenters. The summed E-state index contributed by atoms with van der Waals surface area (Å²) >= 11 is 0. The first-order valence-corrected chi connectivity index (χ1v) is 13.0. The van der Waals surface area contributed by atoms with Crippen molar-refractivity contribution >= 4 is 35.0 Å². The SMILES string of the molecule is COC(=O)N1CCc2ccc3c(nc(N4CCC(C(=O)O)CC4)n3C[C@@H](NC(C)=O)c3ccccc3)c2C1. The van der Waals surface area contributed by atoms with E-state index in [2.05, 4.69) is 26.9 Å². The third-order valence-electron chi connectivity index (χ3n) is 7.61. The largest absolute Gasteiger partial charge is 0.481 e. The number of carboxylic acid groups (broad SMARTS) is 1. The van der Waals surface area contributed by atoms with Crippen LogP contribution in [-0.2, 0) is 33.8 Å². The third kappa shape index (κ3) is 5.03. The Morgan fingerprint density at radius 3 is 2.50 bits per heavy atom. The van der Waals surface area contributed by atoms with E-state index < -0.39 is 5.97 Å².